The van der Waals surface area contributed by atoms with Gasteiger partial charge in [-0.2, -0.15) is 0 Å². The van der Waals surface area contributed by atoms with Crippen LogP contribution in [-0.2, 0) is 6.42 Å². The Labute approximate surface area is 203 Å². The van der Waals surface area contributed by atoms with Gasteiger partial charge in [-0.1, -0.05) is 30.3 Å². The van der Waals surface area contributed by atoms with Crippen LogP contribution in [0.3, 0.4) is 0 Å². The number of quaternary nitrogens is 1. The Kier molecular flexibility index (Phi) is 8.49. The van der Waals surface area contributed by atoms with Gasteiger partial charge in [-0.25, -0.2) is 0 Å². The van der Waals surface area contributed by atoms with Crippen LogP contribution >= 0.6 is 0 Å². The maximum absolute atomic E-state index is 13.9. The first-order valence-corrected chi connectivity index (χ1v) is 11.5. The number of carbonyl (C=O) groups excluding carboxylic acids is 1. The molecule has 2 bridgehead atoms. The van der Waals surface area contributed by atoms with E-state index in [4.69, 9.17) is 14.2 Å². The number of rotatable bonds is 8. The number of halogens is 1. The zero-order valence-corrected chi connectivity index (χ0v) is 20.7. The smallest absolute Gasteiger partial charge is 0.254 e. The monoisotopic (exact) mass is 474 g/mol. The van der Waals surface area contributed by atoms with Crippen LogP contribution < -0.4 is 31.5 Å². The van der Waals surface area contributed by atoms with Crippen molar-refractivity contribution in [2.75, 3.05) is 34.9 Å². The molecule has 2 aromatic carbocycles. The van der Waals surface area contributed by atoms with Crippen molar-refractivity contribution in [1.29, 1.82) is 0 Å². The van der Waals surface area contributed by atoms with Gasteiger partial charge in [0.05, 0.1) is 40.5 Å². The zero-order chi connectivity index (χ0) is 22.7. The van der Waals surface area contributed by atoms with Crippen molar-refractivity contribution in [3.63, 3.8) is 0 Å². The fourth-order valence-corrected chi connectivity index (χ4v) is 5.52. The summed E-state index contributed by atoms with van der Waals surface area (Å²) in [5.41, 5.74) is 1.82. The third-order valence-corrected chi connectivity index (χ3v) is 7.36. The van der Waals surface area contributed by atoms with Gasteiger partial charge in [-0.15, -0.1) is 0 Å². The maximum Gasteiger partial charge on any atom is 0.254 e. The van der Waals surface area contributed by atoms with Crippen LogP contribution in [0.2, 0.25) is 0 Å². The van der Waals surface area contributed by atoms with Crippen molar-refractivity contribution in [3.8, 4) is 17.2 Å². The third kappa shape index (κ3) is 5.22. The summed E-state index contributed by atoms with van der Waals surface area (Å²) in [5, 5.41) is 0. The van der Waals surface area contributed by atoms with E-state index >= 15 is 0 Å². The summed E-state index contributed by atoms with van der Waals surface area (Å²) in [7, 11) is 7.05. The number of hydrogen-bond acceptors (Lipinski definition) is 4. The summed E-state index contributed by atoms with van der Waals surface area (Å²) < 4.78 is 16.5. The largest absolute Gasteiger partial charge is 1.00 e. The fraction of sp³-hybridized carbons (Fsp3) is 0.500. The molecule has 2 saturated heterocycles. The Balaban J connectivity index is 0.00000306. The summed E-state index contributed by atoms with van der Waals surface area (Å²) in [6.45, 7) is 0.697. The molecular formula is C26H35ClN2O4. The minimum absolute atomic E-state index is 0. The second-order valence-corrected chi connectivity index (χ2v) is 8.99. The number of nitrogens with zero attached hydrogens (tertiary/aromatic N) is 1. The first kappa shape index (κ1) is 25.2. The highest BCUT2D eigenvalue weighted by Crippen LogP contribution is 2.39. The minimum atomic E-state index is 0. The van der Waals surface area contributed by atoms with E-state index in [2.05, 4.69) is 36.2 Å². The van der Waals surface area contributed by atoms with Crippen molar-refractivity contribution in [2.24, 2.45) is 0 Å². The summed E-state index contributed by atoms with van der Waals surface area (Å²) in [6.07, 6.45) is 5.49. The standard InChI is InChI=1S/C26H34N2O4.ClH/c1-27-20-10-11-21(27)17-22(16-20)28(13-12-18-8-6-5-7-9-18)26(29)19-14-23(30-2)25(32-4)24(15-19)31-3;/h5-9,14-15,20-22H,10-13,16-17H2,1-4H3;1H. The van der Waals surface area contributed by atoms with Crippen LogP contribution in [0.1, 0.15) is 41.6 Å². The van der Waals surface area contributed by atoms with E-state index in [0.717, 1.165) is 19.3 Å². The van der Waals surface area contributed by atoms with Gasteiger partial charge in [0.25, 0.3) is 5.91 Å². The van der Waals surface area contributed by atoms with Crippen molar-refractivity contribution < 1.29 is 36.3 Å². The SMILES string of the molecule is COc1cc(C(=O)N(CCc2ccccc2)C2CC3CCC(C2)[NH+]3C)cc(OC)c1OC.[Cl-]. The third-order valence-electron chi connectivity index (χ3n) is 7.36. The predicted molar refractivity (Wildman–Crippen MR) is 124 cm³/mol. The van der Waals surface area contributed by atoms with Gasteiger partial charge in [-0.05, 0) is 24.1 Å². The highest BCUT2D eigenvalue weighted by Gasteiger charge is 2.45. The molecule has 2 aromatic rings. The number of nitrogens with one attached hydrogen (secondary N) is 1. The molecule has 180 valence electrons. The van der Waals surface area contributed by atoms with Crippen molar-refractivity contribution in [3.05, 3.63) is 53.6 Å². The van der Waals surface area contributed by atoms with E-state index in [9.17, 15) is 4.79 Å². The first-order valence-electron chi connectivity index (χ1n) is 11.5. The average Bonchev–Trinajstić information content (AvgIpc) is 3.03. The molecular weight excluding hydrogens is 440 g/mol. The lowest BCUT2D eigenvalue weighted by atomic mass is 9.95. The van der Waals surface area contributed by atoms with E-state index in [0.29, 0.717) is 41.4 Å². The summed E-state index contributed by atoms with van der Waals surface area (Å²) >= 11 is 0. The van der Waals surface area contributed by atoms with Crippen molar-refractivity contribution >= 4 is 5.91 Å². The second-order valence-electron chi connectivity index (χ2n) is 8.99. The molecule has 2 atom stereocenters. The number of ether oxygens (including phenoxy) is 3. The topological polar surface area (TPSA) is 52.4 Å². The van der Waals surface area contributed by atoms with Crippen LogP contribution in [0.25, 0.3) is 0 Å². The summed E-state index contributed by atoms with van der Waals surface area (Å²) in [6, 6.07) is 15.5. The van der Waals surface area contributed by atoms with E-state index in [1.807, 2.05) is 6.07 Å². The molecule has 2 aliphatic heterocycles. The highest BCUT2D eigenvalue weighted by molar-refractivity contribution is 5.96. The lowest BCUT2D eigenvalue weighted by Crippen LogP contribution is -3.15. The molecule has 6 nitrogen and oxygen atoms in total. The number of amides is 1. The number of carbonyl (C=O) groups is 1. The lowest BCUT2D eigenvalue weighted by Gasteiger charge is -2.40. The Bertz CT molecular complexity index is 900. The molecule has 1 N–H and O–H groups in total. The van der Waals surface area contributed by atoms with Crippen LogP contribution in [0.5, 0.6) is 17.2 Å². The van der Waals surface area contributed by atoms with Crippen LogP contribution in [0, 0.1) is 0 Å². The van der Waals surface area contributed by atoms with E-state index in [-0.39, 0.29) is 24.4 Å². The van der Waals surface area contributed by atoms with Crippen molar-refractivity contribution in [1.82, 2.24) is 4.90 Å². The Morgan fingerprint density at radius 3 is 2.06 bits per heavy atom. The van der Waals surface area contributed by atoms with Gasteiger partial charge in [0.2, 0.25) is 5.75 Å². The fourth-order valence-electron chi connectivity index (χ4n) is 5.52. The van der Waals surface area contributed by atoms with E-state index < -0.39 is 0 Å². The molecule has 2 aliphatic rings. The predicted octanol–water partition coefficient (Wildman–Crippen LogP) is -0.391. The molecule has 1 amide bonds. The molecule has 4 rings (SSSR count). The maximum atomic E-state index is 13.9. The second kappa shape index (κ2) is 11.1. The van der Waals surface area contributed by atoms with Crippen LogP contribution in [0.4, 0.5) is 0 Å². The number of piperidine rings is 1. The minimum Gasteiger partial charge on any atom is -1.00 e. The Morgan fingerprint density at radius 2 is 1.55 bits per heavy atom. The molecule has 0 aliphatic carbocycles. The molecule has 0 saturated carbocycles. The molecule has 0 spiro atoms. The number of fused-ring (bicyclic) bond motifs is 2. The number of hydrogen-bond donors (Lipinski definition) is 1. The number of methoxy groups -OCH3 is 3. The highest BCUT2D eigenvalue weighted by atomic mass is 35.5. The lowest BCUT2D eigenvalue weighted by molar-refractivity contribution is -0.922. The Hall–Kier alpha value is -2.44. The molecule has 33 heavy (non-hydrogen) atoms. The quantitative estimate of drug-likeness (QED) is 0.566. The normalized spacial score (nSPS) is 23.4. The number of benzene rings is 2. The van der Waals surface area contributed by atoms with Gasteiger partial charge in [0.1, 0.15) is 0 Å². The molecule has 2 fully saturated rings. The first-order chi connectivity index (χ1) is 15.5. The van der Waals surface area contributed by atoms with Crippen LogP contribution in [0.15, 0.2) is 42.5 Å². The molecule has 0 aromatic heterocycles. The summed E-state index contributed by atoms with van der Waals surface area (Å²) in [4.78, 5) is 17.6. The van der Waals surface area contributed by atoms with Gasteiger partial charge in [0.15, 0.2) is 11.5 Å². The van der Waals surface area contributed by atoms with Gasteiger partial charge in [0, 0.05) is 43.8 Å². The molecule has 2 unspecified atom stereocenters. The van der Waals surface area contributed by atoms with Crippen molar-refractivity contribution in [2.45, 2.75) is 50.2 Å². The van der Waals surface area contributed by atoms with Gasteiger partial charge in [-0.3, -0.25) is 4.79 Å². The van der Waals surface area contributed by atoms with E-state index in [1.165, 1.54) is 18.4 Å². The Morgan fingerprint density at radius 1 is 0.970 bits per heavy atom. The zero-order valence-electron chi connectivity index (χ0n) is 20.0. The summed E-state index contributed by atoms with van der Waals surface area (Å²) in [5.74, 6) is 1.55. The molecule has 2 heterocycles. The molecule has 0 radical (unpaired) electrons. The molecule has 7 heteroatoms. The average molecular weight is 475 g/mol. The van der Waals surface area contributed by atoms with E-state index in [1.54, 1.807) is 38.4 Å². The van der Waals surface area contributed by atoms with Gasteiger partial charge >= 0.3 is 0 Å². The van der Waals surface area contributed by atoms with Gasteiger partial charge < -0.3 is 36.4 Å². The van der Waals surface area contributed by atoms with Crippen LogP contribution in [-0.4, -0.2) is 63.9 Å².